The molecule has 8 aliphatic rings. The summed E-state index contributed by atoms with van der Waals surface area (Å²) >= 11 is 9.06. The second-order valence-electron chi connectivity index (χ2n) is 39.5. The molecule has 16 N–H and O–H groups in total. The Balaban J connectivity index is 0.000000121. The van der Waals surface area contributed by atoms with Gasteiger partial charge < -0.3 is 107 Å². The number of fused-ring (bicyclic) bond motifs is 12. The van der Waals surface area contributed by atoms with Crippen LogP contribution < -0.4 is 40.1 Å². The van der Waals surface area contributed by atoms with Crippen LogP contribution in [0.3, 0.4) is 0 Å². The predicted molar refractivity (Wildman–Crippen MR) is 590 cm³/mol. The molecule has 16 aromatic rings. The fourth-order valence-corrected chi connectivity index (χ4v) is 23.1. The van der Waals surface area contributed by atoms with Crippen LogP contribution in [0.25, 0.3) is 99.9 Å². The highest BCUT2D eigenvalue weighted by molar-refractivity contribution is 14.1. The normalized spacial score (nSPS) is 24.1. The summed E-state index contributed by atoms with van der Waals surface area (Å²) in [5, 5.41) is 29.3. The monoisotopic (exact) mass is 2230 g/mol. The van der Waals surface area contributed by atoms with Gasteiger partial charge in [0.1, 0.15) is 113 Å². The predicted octanol–water partition coefficient (Wildman–Crippen LogP) is 20.0. The number of benzene rings is 4. The van der Waals surface area contributed by atoms with Crippen LogP contribution in [0, 0.1) is 27.2 Å². The number of ether oxygens (including phenoxy) is 8. The molecule has 3 saturated heterocycles. The molecule has 0 bridgehead atoms. The van der Waals surface area contributed by atoms with Crippen molar-refractivity contribution >= 4 is 207 Å². The fourth-order valence-electron chi connectivity index (χ4n) is 21.9. The van der Waals surface area contributed by atoms with Crippen LogP contribution in [0.5, 0.6) is 0 Å². The van der Waals surface area contributed by atoms with Crippen molar-refractivity contribution in [3.63, 3.8) is 0 Å². The largest absolute Gasteiger partial charge is 0.502 e. The van der Waals surface area contributed by atoms with Crippen molar-refractivity contribution in [1.29, 1.82) is 0 Å². The number of nitrogens with zero attached hydrogens (tertiary/aromatic N) is 16. The zero-order valence-electron chi connectivity index (χ0n) is 82.7. The molecule has 146 heavy (non-hydrogen) atoms. The molecule has 12 aromatic heterocycles. The lowest BCUT2D eigenvalue weighted by molar-refractivity contribution is -0.160. The summed E-state index contributed by atoms with van der Waals surface area (Å²) in [6, 6.07) is 41.6. The SMILES string of the molecule is C=C[C@H]1C[C@@H](n2ccc3c(N)ncnc32)[C@@H]2OC(C)(C)O[C@@H]21.CC1(C)O[C@@H]2[C@@H](CCc3ccc4cc(Br)c(N)nc4c3)C[C@@H](n3ccc4c(N)ncnc43)[C@@H]2O1.CC=COCC.CCOC=Cc1cc2ccc(CC[C@H]3C[C@@H](n4ccc5c(N)ncnc54)[C@@H]4OC(C)(C)O[C@H]34)cc2nc1N.Cl.Nc1nc2cc(I)ccc2cc1Br.Nc1ncnc2c1ccn2[C@@H]1C[C@H](CCc2ccc3cc4c(nc3c2)CC=C4)[C@@H](O)[C@H]1O. The summed E-state index contributed by atoms with van der Waals surface area (Å²) in [5.41, 5.74) is 55.8. The average Bonchev–Trinajstić information content (AvgIpc) is 1.60. The van der Waals surface area contributed by atoms with E-state index in [-0.39, 0.29) is 85.0 Å². The lowest BCUT2D eigenvalue weighted by Gasteiger charge is -2.24. The molecule has 3 aliphatic heterocycles. The maximum atomic E-state index is 10.8. The molecule has 7 fully saturated rings. The number of aryl methyl sites for hydroxylation is 3. The summed E-state index contributed by atoms with van der Waals surface area (Å²) in [6.07, 6.45) is 35.4. The molecule has 0 radical (unpaired) electrons. The van der Waals surface area contributed by atoms with E-state index in [0.717, 1.165) is 173 Å². The Morgan fingerprint density at radius 2 is 0.808 bits per heavy atom. The first-order valence-corrected chi connectivity index (χ1v) is 51.9. The van der Waals surface area contributed by atoms with Gasteiger partial charge in [-0.15, -0.1) is 19.0 Å². The number of aliphatic hydroxyl groups excluding tert-OH is 2. The van der Waals surface area contributed by atoms with Gasteiger partial charge in [-0.05, 0) is 306 Å². The lowest BCUT2D eigenvalue weighted by Crippen LogP contribution is -2.29. The van der Waals surface area contributed by atoms with Crippen molar-refractivity contribution < 1.29 is 48.1 Å². The minimum Gasteiger partial charge on any atom is -0.502 e. The summed E-state index contributed by atoms with van der Waals surface area (Å²) in [6.45, 7) is 23.0. The molecule has 37 heteroatoms. The molecule has 0 spiro atoms. The van der Waals surface area contributed by atoms with Crippen LogP contribution in [0.4, 0.5) is 40.7 Å². The van der Waals surface area contributed by atoms with E-state index in [2.05, 4.69) is 202 Å². The van der Waals surface area contributed by atoms with Gasteiger partial charge in [0.15, 0.2) is 17.4 Å². The summed E-state index contributed by atoms with van der Waals surface area (Å²) < 4.78 is 59.3. The quantitative estimate of drug-likeness (QED) is 0.0206. The topological polar surface area (TPSA) is 471 Å². The highest BCUT2D eigenvalue weighted by Crippen LogP contribution is 2.53. The number of anilines is 7. The third-order valence-electron chi connectivity index (χ3n) is 28.7. The molecule has 15 heterocycles. The smallest absolute Gasteiger partial charge is 0.163 e. The maximum Gasteiger partial charge on any atom is 0.163 e. The van der Waals surface area contributed by atoms with Crippen molar-refractivity contribution in [3.8, 4) is 0 Å². The minimum absolute atomic E-state index is 0. The van der Waals surface area contributed by atoms with E-state index >= 15 is 0 Å². The van der Waals surface area contributed by atoms with Gasteiger partial charge in [-0.2, -0.15) is 0 Å². The molecule has 0 unspecified atom stereocenters. The van der Waals surface area contributed by atoms with Crippen LogP contribution in [0.15, 0.2) is 218 Å². The van der Waals surface area contributed by atoms with E-state index in [1.165, 1.54) is 51.1 Å². The molecule has 0 amide bonds. The van der Waals surface area contributed by atoms with Crippen LogP contribution in [-0.2, 0) is 63.6 Å². The molecule has 24 rings (SSSR count). The van der Waals surface area contributed by atoms with Crippen molar-refractivity contribution in [2.24, 2.45) is 23.7 Å². The fraction of sp³-hybridized carbons (Fsp3) is 0.376. The van der Waals surface area contributed by atoms with Crippen molar-refractivity contribution in [2.45, 2.75) is 223 Å². The summed E-state index contributed by atoms with van der Waals surface area (Å²) in [4.78, 5) is 52.4. The average molecular weight is 2240 g/mol. The van der Waals surface area contributed by atoms with Crippen LogP contribution in [-0.4, -0.2) is 168 Å². The highest BCUT2D eigenvalue weighted by atomic mass is 127. The van der Waals surface area contributed by atoms with E-state index < -0.39 is 29.6 Å². The summed E-state index contributed by atoms with van der Waals surface area (Å²) in [7, 11) is 0. The van der Waals surface area contributed by atoms with E-state index in [1.54, 1.807) is 12.5 Å². The van der Waals surface area contributed by atoms with Crippen molar-refractivity contribution in [2.75, 3.05) is 53.3 Å². The van der Waals surface area contributed by atoms with E-state index in [1.807, 2.05) is 171 Å². The number of hydrogen-bond acceptors (Lipinski definition) is 29. The van der Waals surface area contributed by atoms with Gasteiger partial charge in [-0.3, -0.25) is 4.98 Å². The number of pyridine rings is 4. The first kappa shape index (κ1) is 104. The molecule has 33 nitrogen and oxygen atoms in total. The lowest BCUT2D eigenvalue weighted by atomic mass is 9.95. The molecule has 4 saturated carbocycles. The second-order valence-corrected chi connectivity index (χ2v) is 42.4. The van der Waals surface area contributed by atoms with E-state index in [0.29, 0.717) is 71.2 Å². The van der Waals surface area contributed by atoms with Gasteiger partial charge in [0, 0.05) is 67.8 Å². The Hall–Kier alpha value is -12.2. The number of aliphatic hydroxyl groups is 2. The van der Waals surface area contributed by atoms with Gasteiger partial charge in [0.25, 0.3) is 0 Å². The number of allylic oxidation sites excluding steroid dienone is 2. The first-order valence-electron chi connectivity index (χ1n) is 49.3. The first-order chi connectivity index (χ1) is 69.8. The molecule has 4 aromatic carbocycles. The molecular weight excluding hydrogens is 2110 g/mol. The zero-order chi connectivity index (χ0) is 102. The van der Waals surface area contributed by atoms with Crippen LogP contribution >= 0.6 is 66.9 Å². The third kappa shape index (κ3) is 21.9. The van der Waals surface area contributed by atoms with Crippen LogP contribution in [0.2, 0.25) is 0 Å². The minimum atomic E-state index is -0.847. The van der Waals surface area contributed by atoms with Crippen molar-refractivity contribution in [3.05, 3.63) is 255 Å². The Kier molecular flexibility index (Phi) is 31.1. The molecule has 762 valence electrons. The van der Waals surface area contributed by atoms with Gasteiger partial charge in [0.2, 0.25) is 0 Å². The second kappa shape index (κ2) is 43.7. The number of nitrogen functional groups attached to an aromatic ring is 7. The Morgan fingerprint density at radius 1 is 0.432 bits per heavy atom. The van der Waals surface area contributed by atoms with E-state index in [4.69, 9.17) is 83.0 Å². The number of nitrogens with two attached hydrogens (primary N) is 7. The highest BCUT2D eigenvalue weighted by Gasteiger charge is 2.57. The molecule has 16 atom stereocenters. The Bertz CT molecular complexity index is 7590. The standard InChI is InChI=1S/C29H34N6O3.C25H27BrN6O2.C25H25N5O2.C16H20N4O2.C9H6BrIN2.C5H10O.ClH/c1-4-36-12-10-20-14-18-7-5-17(13-22(18)34-26(20)30)6-8-19-15-23(25-24(19)37-29(2,3)38-25)35-11-9-21-27(31)32-16-33-28(21)35;1-25(2)33-20-15(6-4-13-3-5-14-10-17(26)23(28)31-18(14)9-13)11-19(21(20)34-25)32-8-7-16-22(27)29-12-30-24(16)32;26-24-18-8-9-30(25(18)28-13-27-24)21-12-17(22(31)23(21)32)7-5-14-4-6-16-11-15-2-1-3-19(15)29-20(16)10-14;1-4-9-7-11(13-12(9)21-16(2,3)22-13)20-6-5-10-14(17)18-8-19-15(10)20;10-7-3-5-1-2-6(11)4-8(5)13-9(7)12;1-3-5-6-4-2;/h5,7,9-14,16,19,23-25H,4,6,8,15H2,1-3H3,(H2,30,34)(H2,31,32,33);3,5,7-10,12,15,19-21H,4,6,11H2,1-2H3,(H2,28,31)(H2,27,29,30);1-2,4,6,8-11,13,17,21-23,31-32H,3,5,7,12H2,(H2,26,27,28);4-6,8-9,11-13H,1,7H2,2-3H3,(H2,17,18,19);1-4H,(H2,12,13);3,5H,4H2,1-2H3;1H/t19-,23+,24+,25-;15-,19+,20+,21-;17-,21+,22+,23-;9-,11+,12+,13-;;;/m0000.../s1. The third-order valence-corrected chi connectivity index (χ3v) is 30.7. The van der Waals surface area contributed by atoms with Gasteiger partial charge in [-0.1, -0.05) is 66.8 Å². The zero-order valence-corrected chi connectivity index (χ0v) is 88.9. The summed E-state index contributed by atoms with van der Waals surface area (Å²) in [5.74, 6) is 2.62. The Morgan fingerprint density at radius 3 is 1.25 bits per heavy atom. The van der Waals surface area contributed by atoms with Gasteiger partial charge in [-0.25, -0.2) is 54.8 Å². The Labute approximate surface area is 882 Å². The van der Waals surface area contributed by atoms with Gasteiger partial charge in [0.05, 0.1) is 133 Å². The van der Waals surface area contributed by atoms with E-state index in [9.17, 15) is 10.2 Å². The van der Waals surface area contributed by atoms with Crippen molar-refractivity contribution in [1.82, 2.24) is 78.1 Å². The number of hydrogen-bond donors (Lipinski definition) is 9. The van der Waals surface area contributed by atoms with Gasteiger partial charge >= 0.3 is 0 Å². The number of halogens is 4. The molecule has 5 aliphatic carbocycles. The van der Waals surface area contributed by atoms with Crippen LogP contribution in [0.1, 0.15) is 165 Å². The number of aromatic nitrogens is 16. The molecular formula is C109H123Br2ClIN23O10. The maximum absolute atomic E-state index is 10.8. The number of rotatable bonds is 19.